The van der Waals surface area contributed by atoms with Crippen LogP contribution in [0.2, 0.25) is 0 Å². The van der Waals surface area contributed by atoms with Crippen molar-refractivity contribution in [3.05, 3.63) is 18.2 Å². The molecule has 9 nitrogen and oxygen atoms in total. The molecule has 1 aliphatic heterocycles. The van der Waals surface area contributed by atoms with Gasteiger partial charge < -0.3 is 30.1 Å². The van der Waals surface area contributed by atoms with E-state index in [1.807, 2.05) is 0 Å². The number of aliphatic hydroxyl groups is 1. The summed E-state index contributed by atoms with van der Waals surface area (Å²) in [6, 6.07) is 3.92. The minimum atomic E-state index is -0.777. The van der Waals surface area contributed by atoms with Crippen LogP contribution in [0.25, 0.3) is 0 Å². The van der Waals surface area contributed by atoms with Crippen LogP contribution >= 0.6 is 0 Å². The fourth-order valence-corrected chi connectivity index (χ4v) is 2.93. The summed E-state index contributed by atoms with van der Waals surface area (Å²) in [7, 11) is 3.03. The number of methoxy groups -OCH3 is 2. The van der Waals surface area contributed by atoms with E-state index in [1.54, 1.807) is 32.0 Å². The number of anilines is 1. The Hall–Kier alpha value is -2.81. The van der Waals surface area contributed by atoms with Crippen LogP contribution in [0.5, 0.6) is 11.5 Å². The average Bonchev–Trinajstić information content (AvgIpc) is 3.08. The van der Waals surface area contributed by atoms with Gasteiger partial charge in [0.05, 0.1) is 32.4 Å². The normalized spacial score (nSPS) is 18.4. The fraction of sp³-hybridized carbons (Fsp3) is 0.526. The number of amides is 3. The molecule has 3 unspecified atom stereocenters. The van der Waals surface area contributed by atoms with E-state index < -0.39 is 23.9 Å². The van der Waals surface area contributed by atoms with Gasteiger partial charge in [-0.2, -0.15) is 0 Å². The molecule has 0 aromatic heterocycles. The molecule has 0 spiro atoms. The van der Waals surface area contributed by atoms with Gasteiger partial charge in [-0.3, -0.25) is 14.4 Å². The predicted octanol–water partition coefficient (Wildman–Crippen LogP) is 0.0584. The minimum Gasteiger partial charge on any atom is -0.497 e. The van der Waals surface area contributed by atoms with Gasteiger partial charge in [-0.05, 0) is 26.0 Å². The van der Waals surface area contributed by atoms with E-state index in [0.717, 1.165) is 0 Å². The topological polar surface area (TPSA) is 117 Å². The minimum absolute atomic E-state index is 0.0440. The summed E-state index contributed by atoms with van der Waals surface area (Å²) >= 11 is 0. The third-order valence-corrected chi connectivity index (χ3v) is 4.59. The number of nitrogens with one attached hydrogen (secondary N) is 2. The van der Waals surface area contributed by atoms with Gasteiger partial charge in [0.25, 0.3) is 0 Å². The largest absolute Gasteiger partial charge is 0.497 e. The van der Waals surface area contributed by atoms with Crippen molar-refractivity contribution in [2.45, 2.75) is 32.4 Å². The van der Waals surface area contributed by atoms with Crippen LogP contribution in [0.3, 0.4) is 0 Å². The molecule has 0 saturated carbocycles. The second-order valence-electron chi connectivity index (χ2n) is 6.77. The Morgan fingerprint density at radius 1 is 1.25 bits per heavy atom. The zero-order valence-electron chi connectivity index (χ0n) is 16.5. The lowest BCUT2D eigenvalue weighted by Crippen LogP contribution is -2.49. The molecule has 1 heterocycles. The van der Waals surface area contributed by atoms with Crippen LogP contribution in [0, 0.1) is 5.92 Å². The number of hydrogen-bond donors (Lipinski definition) is 3. The molecule has 3 N–H and O–H groups in total. The first-order chi connectivity index (χ1) is 13.3. The van der Waals surface area contributed by atoms with Gasteiger partial charge in [-0.25, -0.2) is 0 Å². The summed E-state index contributed by atoms with van der Waals surface area (Å²) in [6.45, 7) is 3.21. The molecule has 0 aliphatic carbocycles. The number of carbonyl (C=O) groups is 3. The lowest BCUT2D eigenvalue weighted by atomic mass is 10.1. The van der Waals surface area contributed by atoms with Crippen molar-refractivity contribution >= 4 is 23.4 Å². The Morgan fingerprint density at radius 2 is 1.96 bits per heavy atom. The second-order valence-corrected chi connectivity index (χ2v) is 6.77. The first-order valence-electron chi connectivity index (χ1n) is 9.04. The Balaban J connectivity index is 2.04. The van der Waals surface area contributed by atoms with Crippen LogP contribution < -0.4 is 25.0 Å². The van der Waals surface area contributed by atoms with Crippen LogP contribution in [-0.2, 0) is 14.4 Å². The van der Waals surface area contributed by atoms with E-state index in [1.165, 1.54) is 19.1 Å². The van der Waals surface area contributed by atoms with Gasteiger partial charge in [-0.15, -0.1) is 0 Å². The first-order valence-corrected chi connectivity index (χ1v) is 9.04. The number of carbonyl (C=O) groups excluding carboxylic acids is 3. The zero-order chi connectivity index (χ0) is 20.8. The Bertz CT molecular complexity index is 738. The number of hydrogen-bond acceptors (Lipinski definition) is 6. The molecule has 9 heteroatoms. The molecule has 0 bridgehead atoms. The van der Waals surface area contributed by atoms with E-state index in [-0.39, 0.29) is 31.4 Å². The lowest BCUT2D eigenvalue weighted by Gasteiger charge is -2.21. The van der Waals surface area contributed by atoms with Crippen LogP contribution in [0.15, 0.2) is 18.2 Å². The molecular weight excluding hydrogens is 366 g/mol. The highest BCUT2D eigenvalue weighted by Gasteiger charge is 2.37. The van der Waals surface area contributed by atoms with Crippen molar-refractivity contribution in [3.8, 4) is 11.5 Å². The molecule has 1 aliphatic rings. The van der Waals surface area contributed by atoms with Gasteiger partial charge in [0, 0.05) is 25.1 Å². The third kappa shape index (κ3) is 4.92. The number of benzene rings is 1. The van der Waals surface area contributed by atoms with E-state index in [0.29, 0.717) is 17.2 Å². The summed E-state index contributed by atoms with van der Waals surface area (Å²) < 4.78 is 10.5. The molecule has 28 heavy (non-hydrogen) atoms. The molecular formula is C19H27N3O6. The maximum Gasteiger partial charge on any atom is 0.242 e. The Morgan fingerprint density at radius 3 is 2.57 bits per heavy atom. The van der Waals surface area contributed by atoms with Gasteiger partial charge in [0.15, 0.2) is 0 Å². The number of rotatable bonds is 8. The monoisotopic (exact) mass is 393 g/mol. The summed E-state index contributed by atoms with van der Waals surface area (Å²) in [6.07, 6.45) is 0.0440. The van der Waals surface area contributed by atoms with E-state index >= 15 is 0 Å². The maximum absolute atomic E-state index is 12.5. The van der Waals surface area contributed by atoms with E-state index in [4.69, 9.17) is 14.6 Å². The van der Waals surface area contributed by atoms with Gasteiger partial charge in [-0.1, -0.05) is 0 Å². The molecule has 2 rings (SSSR count). The smallest absolute Gasteiger partial charge is 0.242 e. The summed E-state index contributed by atoms with van der Waals surface area (Å²) in [5, 5.41) is 14.2. The standard InChI is InChI=1S/C19H27N3O6/c1-11(10-23)20-18(25)12(2)21-19(26)13-7-17(24)22(9-13)15-6-5-14(27-3)8-16(15)28-4/h5-6,8,11-13,23H,7,9-10H2,1-4H3,(H,20,25)(H,21,26). The van der Waals surface area contributed by atoms with Crippen LogP contribution in [0.1, 0.15) is 20.3 Å². The SMILES string of the molecule is COc1ccc(N2CC(C(=O)NC(C)C(=O)NC(C)CO)CC2=O)c(OC)c1. The molecule has 154 valence electrons. The third-order valence-electron chi connectivity index (χ3n) is 4.59. The molecule has 1 aromatic rings. The number of ether oxygens (including phenoxy) is 2. The molecule has 0 radical (unpaired) electrons. The van der Waals surface area contributed by atoms with Gasteiger partial charge in [0.1, 0.15) is 17.5 Å². The van der Waals surface area contributed by atoms with Crippen molar-refractivity contribution in [1.82, 2.24) is 10.6 Å². The highest BCUT2D eigenvalue weighted by molar-refractivity contribution is 6.02. The van der Waals surface area contributed by atoms with Crippen molar-refractivity contribution in [2.75, 3.05) is 32.3 Å². The molecule has 1 fully saturated rings. The highest BCUT2D eigenvalue weighted by atomic mass is 16.5. The summed E-state index contributed by atoms with van der Waals surface area (Å²) in [5.74, 6) is -0.479. The summed E-state index contributed by atoms with van der Waals surface area (Å²) in [5.41, 5.74) is 0.561. The maximum atomic E-state index is 12.5. The van der Waals surface area contributed by atoms with E-state index in [2.05, 4.69) is 10.6 Å². The Kier molecular flexibility index (Phi) is 7.22. The molecule has 3 atom stereocenters. The highest BCUT2D eigenvalue weighted by Crippen LogP contribution is 2.35. The molecule has 1 saturated heterocycles. The van der Waals surface area contributed by atoms with Crippen molar-refractivity contribution < 1.29 is 29.0 Å². The van der Waals surface area contributed by atoms with Gasteiger partial charge in [0.2, 0.25) is 17.7 Å². The van der Waals surface area contributed by atoms with Crippen molar-refractivity contribution in [3.63, 3.8) is 0 Å². The predicted molar refractivity (Wildman–Crippen MR) is 102 cm³/mol. The zero-order valence-corrected chi connectivity index (χ0v) is 16.5. The average molecular weight is 393 g/mol. The number of nitrogens with zero attached hydrogens (tertiary/aromatic N) is 1. The second kappa shape index (κ2) is 9.41. The Labute approximate surface area is 164 Å². The van der Waals surface area contributed by atoms with Gasteiger partial charge >= 0.3 is 0 Å². The van der Waals surface area contributed by atoms with Crippen LogP contribution in [-0.4, -0.2) is 62.3 Å². The van der Waals surface area contributed by atoms with Crippen molar-refractivity contribution in [1.29, 1.82) is 0 Å². The first kappa shape index (κ1) is 21.5. The van der Waals surface area contributed by atoms with Crippen molar-refractivity contribution in [2.24, 2.45) is 5.92 Å². The molecule has 1 aromatic carbocycles. The summed E-state index contributed by atoms with van der Waals surface area (Å²) in [4.78, 5) is 38.5. The fourth-order valence-electron chi connectivity index (χ4n) is 2.93. The lowest BCUT2D eigenvalue weighted by molar-refractivity contribution is -0.131. The van der Waals surface area contributed by atoms with Crippen LogP contribution in [0.4, 0.5) is 5.69 Å². The quantitative estimate of drug-likeness (QED) is 0.575. The number of aliphatic hydroxyl groups excluding tert-OH is 1. The van der Waals surface area contributed by atoms with E-state index in [9.17, 15) is 14.4 Å². The molecule has 3 amide bonds.